The monoisotopic (exact) mass is 397 g/mol. The van der Waals surface area contributed by atoms with Crippen LogP contribution in [0.25, 0.3) is 10.9 Å². The molecule has 0 atom stereocenters. The normalized spacial score (nSPS) is 10.9. The zero-order chi connectivity index (χ0) is 20.1. The Bertz CT molecular complexity index is 973. The van der Waals surface area contributed by atoms with Gasteiger partial charge in [-0.2, -0.15) is 0 Å². The molecule has 3 aromatic rings. The summed E-state index contributed by atoms with van der Waals surface area (Å²) in [6, 6.07) is 15.5. The van der Waals surface area contributed by atoms with Gasteiger partial charge in [0.25, 0.3) is 0 Å². The van der Waals surface area contributed by atoms with Crippen LogP contribution in [0.15, 0.2) is 48.5 Å². The molecule has 6 heteroatoms. The molecule has 0 unspecified atom stereocenters. The molecule has 0 spiro atoms. The molecule has 1 heterocycles. The summed E-state index contributed by atoms with van der Waals surface area (Å²) in [6.07, 6.45) is 0. The van der Waals surface area contributed by atoms with E-state index in [1.807, 2.05) is 56.3 Å². The number of hydrogen-bond donors (Lipinski definition) is 1. The number of halogens is 1. The van der Waals surface area contributed by atoms with Gasteiger partial charge in [0.15, 0.2) is 0 Å². The Kier molecular flexibility index (Phi) is 6.49. The van der Waals surface area contributed by atoms with E-state index >= 15 is 0 Å². The fourth-order valence-corrected chi connectivity index (χ4v) is 3.13. The SMILES string of the molecule is COCCN(Cc1cc2cc(C)ccc2nc1Cl)C(=O)Nc1ccc(C)cc1. The first-order chi connectivity index (χ1) is 13.5. The quantitative estimate of drug-likeness (QED) is 0.582. The van der Waals surface area contributed by atoms with E-state index in [0.717, 1.165) is 33.3 Å². The van der Waals surface area contributed by atoms with Crippen molar-refractivity contribution in [2.45, 2.75) is 20.4 Å². The lowest BCUT2D eigenvalue weighted by atomic mass is 10.1. The lowest BCUT2D eigenvalue weighted by molar-refractivity contribution is 0.153. The third-order valence-corrected chi connectivity index (χ3v) is 4.84. The molecule has 2 amide bonds. The average molecular weight is 398 g/mol. The third-order valence-electron chi connectivity index (χ3n) is 4.51. The summed E-state index contributed by atoms with van der Waals surface area (Å²) in [5, 5.41) is 4.34. The summed E-state index contributed by atoms with van der Waals surface area (Å²) >= 11 is 6.40. The Morgan fingerprint density at radius 3 is 2.54 bits per heavy atom. The maximum Gasteiger partial charge on any atom is 0.322 e. The molecule has 0 bridgehead atoms. The molecular formula is C22H24ClN3O2. The van der Waals surface area contributed by atoms with Crippen LogP contribution in [0.1, 0.15) is 16.7 Å². The van der Waals surface area contributed by atoms with Crippen molar-refractivity contribution in [1.29, 1.82) is 0 Å². The molecule has 1 N–H and O–H groups in total. The zero-order valence-corrected chi connectivity index (χ0v) is 17.1. The minimum absolute atomic E-state index is 0.207. The lowest BCUT2D eigenvalue weighted by Gasteiger charge is -2.23. The smallest absolute Gasteiger partial charge is 0.322 e. The number of urea groups is 1. The predicted molar refractivity (Wildman–Crippen MR) is 114 cm³/mol. The number of amides is 2. The van der Waals surface area contributed by atoms with E-state index in [2.05, 4.69) is 16.4 Å². The van der Waals surface area contributed by atoms with Crippen molar-refractivity contribution in [3.8, 4) is 0 Å². The molecular weight excluding hydrogens is 374 g/mol. The van der Waals surface area contributed by atoms with E-state index in [0.29, 0.717) is 24.8 Å². The highest BCUT2D eigenvalue weighted by molar-refractivity contribution is 6.30. The maximum absolute atomic E-state index is 12.8. The number of methoxy groups -OCH3 is 1. The van der Waals surface area contributed by atoms with Gasteiger partial charge < -0.3 is 15.0 Å². The fraction of sp³-hybridized carbons (Fsp3) is 0.273. The number of nitrogens with one attached hydrogen (secondary N) is 1. The molecule has 1 aromatic heterocycles. The summed E-state index contributed by atoms with van der Waals surface area (Å²) in [6.45, 7) is 5.26. The average Bonchev–Trinajstić information content (AvgIpc) is 2.67. The van der Waals surface area contributed by atoms with Crippen LogP contribution in [0.2, 0.25) is 5.15 Å². The molecule has 28 heavy (non-hydrogen) atoms. The van der Waals surface area contributed by atoms with Gasteiger partial charge in [0.05, 0.1) is 18.7 Å². The first-order valence-electron chi connectivity index (χ1n) is 9.13. The Labute approximate surface area is 170 Å². The van der Waals surface area contributed by atoms with Gasteiger partial charge in [0, 0.05) is 30.3 Å². The second-order valence-electron chi connectivity index (χ2n) is 6.84. The molecule has 0 saturated carbocycles. The highest BCUT2D eigenvalue weighted by atomic mass is 35.5. The number of hydrogen-bond acceptors (Lipinski definition) is 3. The van der Waals surface area contributed by atoms with E-state index in [4.69, 9.17) is 16.3 Å². The molecule has 0 radical (unpaired) electrons. The number of aryl methyl sites for hydroxylation is 2. The van der Waals surface area contributed by atoms with Gasteiger partial charge >= 0.3 is 6.03 Å². The number of pyridine rings is 1. The van der Waals surface area contributed by atoms with Crippen LogP contribution in [0.5, 0.6) is 0 Å². The van der Waals surface area contributed by atoms with E-state index in [1.54, 1.807) is 12.0 Å². The summed E-state index contributed by atoms with van der Waals surface area (Å²) in [7, 11) is 1.61. The van der Waals surface area contributed by atoms with Crippen molar-refractivity contribution in [1.82, 2.24) is 9.88 Å². The van der Waals surface area contributed by atoms with Gasteiger partial charge in [-0.05, 0) is 44.2 Å². The van der Waals surface area contributed by atoms with Gasteiger partial charge in [-0.25, -0.2) is 9.78 Å². The van der Waals surface area contributed by atoms with Crippen molar-refractivity contribution in [3.63, 3.8) is 0 Å². The number of benzene rings is 2. The molecule has 0 aliphatic carbocycles. The number of aromatic nitrogens is 1. The second kappa shape index (κ2) is 9.04. The van der Waals surface area contributed by atoms with E-state index in [9.17, 15) is 4.79 Å². The minimum atomic E-state index is -0.207. The van der Waals surface area contributed by atoms with Crippen LogP contribution in [0.4, 0.5) is 10.5 Å². The summed E-state index contributed by atoms with van der Waals surface area (Å²) in [5.41, 5.74) is 4.67. The van der Waals surface area contributed by atoms with Crippen molar-refractivity contribution in [2.75, 3.05) is 25.6 Å². The van der Waals surface area contributed by atoms with Gasteiger partial charge in [-0.15, -0.1) is 0 Å². The van der Waals surface area contributed by atoms with Crippen LogP contribution in [0.3, 0.4) is 0 Å². The number of rotatable bonds is 6. The molecule has 3 rings (SSSR count). The van der Waals surface area contributed by atoms with E-state index < -0.39 is 0 Å². The number of ether oxygens (including phenoxy) is 1. The number of anilines is 1. The van der Waals surface area contributed by atoms with Crippen molar-refractivity contribution in [3.05, 3.63) is 70.4 Å². The van der Waals surface area contributed by atoms with Gasteiger partial charge in [-0.1, -0.05) is 40.9 Å². The predicted octanol–water partition coefficient (Wildman–Crippen LogP) is 5.19. The Hall–Kier alpha value is -2.63. The summed E-state index contributed by atoms with van der Waals surface area (Å²) in [5.74, 6) is 0. The number of fused-ring (bicyclic) bond motifs is 1. The number of carbonyl (C=O) groups is 1. The molecule has 0 aliphatic rings. The molecule has 5 nitrogen and oxygen atoms in total. The van der Waals surface area contributed by atoms with Crippen molar-refractivity contribution in [2.24, 2.45) is 0 Å². The first-order valence-corrected chi connectivity index (χ1v) is 9.51. The van der Waals surface area contributed by atoms with Crippen molar-refractivity contribution < 1.29 is 9.53 Å². The Morgan fingerprint density at radius 2 is 1.82 bits per heavy atom. The maximum atomic E-state index is 12.8. The minimum Gasteiger partial charge on any atom is -0.383 e. The Balaban J connectivity index is 1.83. The molecule has 146 valence electrons. The third kappa shape index (κ3) is 5.00. The topological polar surface area (TPSA) is 54.5 Å². The van der Waals surface area contributed by atoms with Gasteiger partial charge in [-0.3, -0.25) is 0 Å². The standard InChI is InChI=1S/C22H24ClN3O2/c1-15-4-7-19(8-5-15)24-22(27)26(10-11-28-3)14-18-13-17-12-16(2)6-9-20(17)25-21(18)23/h4-9,12-13H,10-11,14H2,1-3H3,(H,24,27). The van der Waals surface area contributed by atoms with Crippen LogP contribution >= 0.6 is 11.6 Å². The van der Waals surface area contributed by atoms with Crippen LogP contribution in [-0.4, -0.2) is 36.2 Å². The second-order valence-corrected chi connectivity index (χ2v) is 7.20. The van der Waals surface area contributed by atoms with Crippen LogP contribution in [0, 0.1) is 13.8 Å². The number of carbonyl (C=O) groups excluding carboxylic acids is 1. The largest absolute Gasteiger partial charge is 0.383 e. The number of nitrogens with zero attached hydrogens (tertiary/aromatic N) is 2. The van der Waals surface area contributed by atoms with Crippen molar-refractivity contribution >= 4 is 34.2 Å². The van der Waals surface area contributed by atoms with Gasteiger partial charge in [0.1, 0.15) is 5.15 Å². The Morgan fingerprint density at radius 1 is 1.11 bits per heavy atom. The molecule has 0 aliphatic heterocycles. The molecule has 2 aromatic carbocycles. The molecule has 0 saturated heterocycles. The van der Waals surface area contributed by atoms with Crippen LogP contribution < -0.4 is 5.32 Å². The zero-order valence-electron chi connectivity index (χ0n) is 16.3. The summed E-state index contributed by atoms with van der Waals surface area (Å²) < 4.78 is 5.17. The van der Waals surface area contributed by atoms with Gasteiger partial charge in [0.2, 0.25) is 0 Å². The fourth-order valence-electron chi connectivity index (χ4n) is 2.93. The molecule has 0 fully saturated rings. The highest BCUT2D eigenvalue weighted by Crippen LogP contribution is 2.23. The van der Waals surface area contributed by atoms with E-state index in [-0.39, 0.29) is 6.03 Å². The summed E-state index contributed by atoms with van der Waals surface area (Å²) in [4.78, 5) is 19.0. The lowest BCUT2D eigenvalue weighted by Crippen LogP contribution is -2.37. The van der Waals surface area contributed by atoms with E-state index in [1.165, 1.54) is 0 Å². The highest BCUT2D eigenvalue weighted by Gasteiger charge is 2.17. The van der Waals surface area contributed by atoms with Crippen LogP contribution in [-0.2, 0) is 11.3 Å². The first kappa shape index (κ1) is 20.1.